The highest BCUT2D eigenvalue weighted by Gasteiger charge is 2.36. The van der Waals surface area contributed by atoms with E-state index in [1.165, 1.54) is 0 Å². The number of aldehydes is 1. The summed E-state index contributed by atoms with van der Waals surface area (Å²) in [6.45, 7) is 0.0402. The second-order valence-electron chi connectivity index (χ2n) is 6.49. The topological polar surface area (TPSA) is 26.3 Å². The van der Waals surface area contributed by atoms with E-state index in [4.69, 9.17) is 4.74 Å². The van der Waals surface area contributed by atoms with Crippen LogP contribution in [0.25, 0.3) is 21.9 Å². The molecule has 0 spiro atoms. The van der Waals surface area contributed by atoms with E-state index in [9.17, 15) is 18.0 Å². The molecule has 0 aliphatic rings. The standard InChI is InChI=1S/C23H15F3O2S/c24-23(25,26)22-21(16-4-2-1-3-5-16)12-20(29-22)14-28-19-9-8-17-10-15(13-27)6-7-18(17)11-19/h1-13H,14H2. The number of benzene rings is 3. The van der Waals surface area contributed by atoms with Crippen molar-refractivity contribution in [1.29, 1.82) is 0 Å². The fraction of sp³-hybridized carbons (Fsp3) is 0.0870. The normalized spacial score (nSPS) is 11.6. The number of hydrogen-bond donors (Lipinski definition) is 0. The van der Waals surface area contributed by atoms with Gasteiger partial charge in [-0.2, -0.15) is 13.2 Å². The van der Waals surface area contributed by atoms with E-state index in [0.717, 1.165) is 17.1 Å². The van der Waals surface area contributed by atoms with E-state index < -0.39 is 11.1 Å². The van der Waals surface area contributed by atoms with Crippen molar-refractivity contribution in [3.8, 4) is 16.9 Å². The Labute approximate surface area is 169 Å². The van der Waals surface area contributed by atoms with Crippen LogP contribution in [0.1, 0.15) is 20.1 Å². The van der Waals surface area contributed by atoms with Gasteiger partial charge in [-0.15, -0.1) is 11.3 Å². The van der Waals surface area contributed by atoms with Crippen LogP contribution in [-0.4, -0.2) is 6.29 Å². The molecule has 4 aromatic rings. The largest absolute Gasteiger partial charge is 0.488 e. The fourth-order valence-electron chi connectivity index (χ4n) is 3.12. The van der Waals surface area contributed by atoms with E-state index in [2.05, 4.69) is 0 Å². The summed E-state index contributed by atoms with van der Waals surface area (Å²) in [7, 11) is 0. The molecule has 29 heavy (non-hydrogen) atoms. The first-order chi connectivity index (χ1) is 13.9. The molecule has 0 saturated heterocycles. The van der Waals surface area contributed by atoms with Crippen LogP contribution in [0, 0.1) is 0 Å². The van der Waals surface area contributed by atoms with Gasteiger partial charge < -0.3 is 4.74 Å². The minimum Gasteiger partial charge on any atom is -0.488 e. The number of carbonyl (C=O) groups excluding carboxylic acids is 1. The molecule has 0 fully saturated rings. The number of thiophene rings is 1. The predicted octanol–water partition coefficient (Wildman–Crippen LogP) is 6.98. The van der Waals surface area contributed by atoms with Crippen molar-refractivity contribution in [1.82, 2.24) is 0 Å². The van der Waals surface area contributed by atoms with Crippen molar-refractivity contribution < 1.29 is 22.7 Å². The van der Waals surface area contributed by atoms with Crippen molar-refractivity contribution in [2.24, 2.45) is 0 Å². The lowest BCUT2D eigenvalue weighted by Crippen LogP contribution is -2.03. The van der Waals surface area contributed by atoms with Crippen LogP contribution in [0.15, 0.2) is 72.8 Å². The van der Waals surface area contributed by atoms with Gasteiger partial charge in [0.15, 0.2) is 0 Å². The third kappa shape index (κ3) is 4.17. The molecule has 4 rings (SSSR count). The summed E-state index contributed by atoms with van der Waals surface area (Å²) < 4.78 is 46.2. The average molecular weight is 412 g/mol. The molecule has 0 unspecified atom stereocenters. The smallest absolute Gasteiger partial charge is 0.426 e. The minimum absolute atomic E-state index is 0.0402. The van der Waals surface area contributed by atoms with Gasteiger partial charge in [0, 0.05) is 16.0 Å². The number of ether oxygens (including phenoxy) is 1. The van der Waals surface area contributed by atoms with Gasteiger partial charge in [-0.25, -0.2) is 0 Å². The molecule has 0 amide bonds. The molecule has 6 heteroatoms. The van der Waals surface area contributed by atoms with Crippen LogP contribution in [-0.2, 0) is 12.8 Å². The van der Waals surface area contributed by atoms with Gasteiger partial charge in [0.25, 0.3) is 0 Å². The second-order valence-corrected chi connectivity index (χ2v) is 7.63. The van der Waals surface area contributed by atoms with Crippen LogP contribution >= 0.6 is 11.3 Å². The molecule has 1 aromatic heterocycles. The molecule has 0 aliphatic carbocycles. The van der Waals surface area contributed by atoms with E-state index in [-0.39, 0.29) is 12.2 Å². The van der Waals surface area contributed by atoms with E-state index in [0.29, 0.717) is 33.1 Å². The van der Waals surface area contributed by atoms with Crippen molar-refractivity contribution in [3.63, 3.8) is 0 Å². The zero-order valence-electron chi connectivity index (χ0n) is 15.1. The van der Waals surface area contributed by atoms with Gasteiger partial charge in [0.1, 0.15) is 23.5 Å². The Kier molecular flexibility index (Phi) is 5.11. The zero-order chi connectivity index (χ0) is 20.4. The zero-order valence-corrected chi connectivity index (χ0v) is 15.9. The maximum Gasteiger partial charge on any atom is 0.426 e. The summed E-state index contributed by atoms with van der Waals surface area (Å²) in [5.74, 6) is 0.555. The molecular weight excluding hydrogens is 397 g/mol. The van der Waals surface area contributed by atoms with Gasteiger partial charge in [-0.1, -0.05) is 48.5 Å². The Morgan fingerprint density at radius 1 is 0.897 bits per heavy atom. The lowest BCUT2D eigenvalue weighted by atomic mass is 10.1. The van der Waals surface area contributed by atoms with Crippen molar-refractivity contribution >= 4 is 28.4 Å². The summed E-state index contributed by atoms with van der Waals surface area (Å²) in [5.41, 5.74) is 1.28. The molecule has 0 atom stereocenters. The van der Waals surface area contributed by atoms with Gasteiger partial charge >= 0.3 is 6.18 Å². The van der Waals surface area contributed by atoms with Gasteiger partial charge in [-0.05, 0) is 40.6 Å². The Morgan fingerprint density at radius 3 is 2.34 bits per heavy atom. The number of rotatable bonds is 5. The summed E-state index contributed by atoms with van der Waals surface area (Å²) in [4.78, 5) is 10.7. The molecule has 0 saturated carbocycles. The number of fused-ring (bicyclic) bond motifs is 1. The van der Waals surface area contributed by atoms with Crippen molar-refractivity contribution in [3.05, 3.63) is 88.1 Å². The summed E-state index contributed by atoms with van der Waals surface area (Å²) in [6, 6.07) is 20.7. The lowest BCUT2D eigenvalue weighted by molar-refractivity contribution is -0.133. The summed E-state index contributed by atoms with van der Waals surface area (Å²) >= 11 is 0.700. The molecule has 0 N–H and O–H groups in total. The molecule has 0 aliphatic heterocycles. The minimum atomic E-state index is -4.42. The van der Waals surface area contributed by atoms with Crippen LogP contribution in [0.5, 0.6) is 5.75 Å². The maximum atomic E-state index is 13.5. The third-order valence-electron chi connectivity index (χ3n) is 4.48. The number of hydrogen-bond acceptors (Lipinski definition) is 3. The Morgan fingerprint density at radius 2 is 1.62 bits per heavy atom. The number of alkyl halides is 3. The molecule has 146 valence electrons. The van der Waals surface area contributed by atoms with Crippen molar-refractivity contribution in [2.75, 3.05) is 0 Å². The summed E-state index contributed by atoms with van der Waals surface area (Å²) in [6.07, 6.45) is -3.64. The highest BCUT2D eigenvalue weighted by molar-refractivity contribution is 7.12. The predicted molar refractivity (Wildman–Crippen MR) is 108 cm³/mol. The van der Waals surface area contributed by atoms with Gasteiger partial charge in [-0.3, -0.25) is 4.79 Å². The second kappa shape index (κ2) is 7.72. The highest BCUT2D eigenvalue weighted by atomic mass is 32.1. The monoisotopic (exact) mass is 412 g/mol. The van der Waals surface area contributed by atoms with E-state index in [1.807, 2.05) is 12.1 Å². The van der Waals surface area contributed by atoms with Gasteiger partial charge in [0.2, 0.25) is 0 Å². The maximum absolute atomic E-state index is 13.5. The van der Waals surface area contributed by atoms with E-state index >= 15 is 0 Å². The Hall–Kier alpha value is -3.12. The summed E-state index contributed by atoms with van der Waals surface area (Å²) in [5, 5.41) is 1.78. The molecule has 0 bridgehead atoms. The fourth-order valence-corrected chi connectivity index (χ4v) is 4.08. The quantitative estimate of drug-likeness (QED) is 0.331. The number of carbonyl (C=O) groups is 1. The Balaban J connectivity index is 1.59. The van der Waals surface area contributed by atoms with Gasteiger partial charge in [0.05, 0.1) is 0 Å². The molecule has 2 nitrogen and oxygen atoms in total. The van der Waals surface area contributed by atoms with Crippen molar-refractivity contribution in [2.45, 2.75) is 12.8 Å². The SMILES string of the molecule is O=Cc1ccc2cc(OCc3cc(-c4ccccc4)c(C(F)(F)F)s3)ccc2c1. The average Bonchev–Trinajstić information content (AvgIpc) is 3.17. The first-order valence-electron chi connectivity index (χ1n) is 8.81. The molecule has 0 radical (unpaired) electrons. The third-order valence-corrected chi connectivity index (χ3v) is 5.63. The Bertz CT molecular complexity index is 1160. The molecular formula is C23H15F3O2S. The number of halogens is 3. The molecule has 3 aromatic carbocycles. The van der Waals surface area contributed by atoms with Crippen LogP contribution in [0.2, 0.25) is 0 Å². The van der Waals surface area contributed by atoms with E-state index in [1.54, 1.807) is 60.7 Å². The van der Waals surface area contributed by atoms with Crippen LogP contribution in [0.4, 0.5) is 13.2 Å². The van der Waals surface area contributed by atoms with Crippen LogP contribution in [0.3, 0.4) is 0 Å². The lowest BCUT2D eigenvalue weighted by Gasteiger charge is -2.07. The first-order valence-corrected chi connectivity index (χ1v) is 9.63. The molecule has 1 heterocycles. The van der Waals surface area contributed by atoms with Crippen LogP contribution < -0.4 is 4.74 Å². The first kappa shape index (κ1) is 19.2. The highest BCUT2D eigenvalue weighted by Crippen LogP contribution is 2.43.